The molecule has 1 aliphatic rings. The van der Waals surface area contributed by atoms with Crippen molar-refractivity contribution in [2.24, 2.45) is 5.92 Å². The van der Waals surface area contributed by atoms with E-state index in [1.807, 2.05) is 52.7 Å². The van der Waals surface area contributed by atoms with Crippen LogP contribution in [0.5, 0.6) is 5.75 Å². The van der Waals surface area contributed by atoms with Gasteiger partial charge in [0, 0.05) is 29.6 Å². The van der Waals surface area contributed by atoms with Crippen LogP contribution >= 0.6 is 11.3 Å². The fourth-order valence-electron chi connectivity index (χ4n) is 4.00. The molecule has 0 atom stereocenters. The van der Waals surface area contributed by atoms with Crippen molar-refractivity contribution in [3.05, 3.63) is 58.8 Å². The second-order valence-electron chi connectivity index (χ2n) is 7.68. The van der Waals surface area contributed by atoms with E-state index in [0.29, 0.717) is 12.2 Å². The predicted octanol–water partition coefficient (Wildman–Crippen LogP) is 3.04. The van der Waals surface area contributed by atoms with Crippen LogP contribution in [0.25, 0.3) is 5.65 Å². The Morgan fingerprint density at radius 1 is 1.16 bits per heavy atom. The number of amides is 1. The van der Waals surface area contributed by atoms with Crippen LogP contribution < -0.4 is 14.5 Å². The first kappa shape index (κ1) is 20.4. The number of rotatable bonds is 6. The average Bonchev–Trinajstić information content (AvgIpc) is 3.54. The number of aromatic nitrogens is 5. The highest BCUT2D eigenvalue weighted by Gasteiger charge is 2.30. The number of hydrogen-bond acceptors (Lipinski definition) is 8. The number of benzene rings is 1. The zero-order valence-corrected chi connectivity index (χ0v) is 18.5. The van der Waals surface area contributed by atoms with Crippen molar-refractivity contribution in [2.75, 3.05) is 30.0 Å². The van der Waals surface area contributed by atoms with E-state index in [9.17, 15) is 4.79 Å². The van der Waals surface area contributed by atoms with Crippen LogP contribution in [0.3, 0.4) is 0 Å². The fraction of sp³-hybridized carbons (Fsp3) is 0.318. The molecule has 0 N–H and O–H groups in total. The fourth-order valence-corrected chi connectivity index (χ4v) is 4.69. The van der Waals surface area contributed by atoms with Crippen molar-refractivity contribution in [3.8, 4) is 5.75 Å². The smallest absolute Gasteiger partial charge is 0.230 e. The second kappa shape index (κ2) is 8.91. The molecule has 1 amide bonds. The monoisotopic (exact) mass is 449 g/mol. The van der Waals surface area contributed by atoms with Gasteiger partial charge in [-0.05, 0) is 71.1 Å². The lowest BCUT2D eigenvalue weighted by Gasteiger charge is -2.34. The van der Waals surface area contributed by atoms with Crippen LogP contribution in [0.4, 0.5) is 11.5 Å². The normalized spacial score (nSPS) is 14.6. The molecule has 1 aromatic carbocycles. The minimum absolute atomic E-state index is 0.0370. The van der Waals surface area contributed by atoms with Crippen molar-refractivity contribution in [3.63, 3.8) is 0 Å². The molecule has 1 saturated heterocycles. The van der Waals surface area contributed by atoms with Gasteiger partial charge in [0.1, 0.15) is 5.75 Å². The van der Waals surface area contributed by atoms with Crippen LogP contribution in [0, 0.1) is 5.92 Å². The summed E-state index contributed by atoms with van der Waals surface area (Å²) in [6.07, 6.45) is 1.54. The van der Waals surface area contributed by atoms with Gasteiger partial charge < -0.3 is 14.5 Å². The minimum atomic E-state index is -0.0370. The lowest BCUT2D eigenvalue weighted by molar-refractivity contribution is -0.123. The van der Waals surface area contributed by atoms with Crippen molar-refractivity contribution in [2.45, 2.75) is 19.4 Å². The molecule has 0 bridgehead atoms. The van der Waals surface area contributed by atoms with Gasteiger partial charge in [-0.2, -0.15) is 0 Å². The van der Waals surface area contributed by atoms with Crippen LogP contribution in [0.15, 0.2) is 53.9 Å². The molecule has 5 rings (SSSR count). The molecule has 1 aliphatic heterocycles. The molecule has 164 valence electrons. The molecule has 4 heterocycles. The molecule has 9 nitrogen and oxygen atoms in total. The molecule has 0 aliphatic carbocycles. The average molecular weight is 450 g/mol. The maximum atomic E-state index is 13.6. The van der Waals surface area contributed by atoms with Crippen molar-refractivity contribution in [1.82, 2.24) is 25.3 Å². The summed E-state index contributed by atoms with van der Waals surface area (Å²) >= 11 is 1.66. The number of thiophene rings is 1. The summed E-state index contributed by atoms with van der Waals surface area (Å²) in [5.41, 5.74) is 1.50. The highest BCUT2D eigenvalue weighted by atomic mass is 32.1. The summed E-state index contributed by atoms with van der Waals surface area (Å²) in [7, 11) is 1.64. The zero-order valence-electron chi connectivity index (χ0n) is 17.7. The summed E-state index contributed by atoms with van der Waals surface area (Å²) < 4.78 is 6.71. The first-order valence-electron chi connectivity index (χ1n) is 10.5. The van der Waals surface area contributed by atoms with Crippen LogP contribution in [-0.4, -0.2) is 51.4 Å². The van der Waals surface area contributed by atoms with E-state index < -0.39 is 0 Å². The lowest BCUT2D eigenvalue weighted by Crippen LogP contribution is -2.42. The third-order valence-corrected chi connectivity index (χ3v) is 6.63. The number of methoxy groups -OCH3 is 1. The number of anilines is 2. The van der Waals surface area contributed by atoms with Gasteiger partial charge in [0.15, 0.2) is 11.5 Å². The van der Waals surface area contributed by atoms with Gasteiger partial charge in [-0.1, -0.05) is 6.07 Å². The second-order valence-corrected chi connectivity index (χ2v) is 8.71. The molecule has 32 heavy (non-hydrogen) atoms. The first-order valence-corrected chi connectivity index (χ1v) is 11.4. The number of tetrazole rings is 1. The SMILES string of the molecule is COc1ccc(N(Cc2cccs2)C(=O)C2CCN(c3ccc4nnnn4n3)CC2)cc1. The number of nitrogens with zero attached hydrogens (tertiary/aromatic N) is 7. The van der Waals surface area contributed by atoms with E-state index in [2.05, 4.69) is 31.6 Å². The maximum Gasteiger partial charge on any atom is 0.230 e. The minimum Gasteiger partial charge on any atom is -0.497 e. The van der Waals surface area contributed by atoms with E-state index in [1.54, 1.807) is 18.4 Å². The molecule has 1 fully saturated rings. The van der Waals surface area contributed by atoms with Crippen LogP contribution in [0.1, 0.15) is 17.7 Å². The van der Waals surface area contributed by atoms with E-state index in [0.717, 1.165) is 48.1 Å². The molecule has 3 aromatic heterocycles. The summed E-state index contributed by atoms with van der Waals surface area (Å²) in [6, 6.07) is 15.6. The summed E-state index contributed by atoms with van der Waals surface area (Å²) in [6.45, 7) is 2.08. The van der Waals surface area contributed by atoms with E-state index >= 15 is 0 Å². The highest BCUT2D eigenvalue weighted by Crippen LogP contribution is 2.29. The summed E-state index contributed by atoms with van der Waals surface area (Å²) in [4.78, 5) is 18.8. The van der Waals surface area contributed by atoms with Gasteiger partial charge in [-0.15, -0.1) is 26.2 Å². The van der Waals surface area contributed by atoms with Gasteiger partial charge in [0.05, 0.1) is 13.7 Å². The Morgan fingerprint density at radius 2 is 1.97 bits per heavy atom. The third kappa shape index (κ3) is 4.13. The van der Waals surface area contributed by atoms with Gasteiger partial charge >= 0.3 is 0 Å². The number of carbonyl (C=O) groups is 1. The van der Waals surface area contributed by atoms with E-state index in [1.165, 1.54) is 4.63 Å². The molecular formula is C22H23N7O2S. The Bertz CT molecular complexity index is 1180. The maximum absolute atomic E-state index is 13.6. The third-order valence-electron chi connectivity index (χ3n) is 5.77. The van der Waals surface area contributed by atoms with Crippen molar-refractivity contribution < 1.29 is 9.53 Å². The Hall–Kier alpha value is -3.53. The first-order chi connectivity index (χ1) is 15.7. The van der Waals surface area contributed by atoms with E-state index in [-0.39, 0.29) is 11.8 Å². The zero-order chi connectivity index (χ0) is 21.9. The summed E-state index contributed by atoms with van der Waals surface area (Å²) in [5, 5.41) is 17.9. The Kier molecular flexibility index (Phi) is 5.68. The van der Waals surface area contributed by atoms with Crippen LogP contribution in [0.2, 0.25) is 0 Å². The van der Waals surface area contributed by atoms with Crippen molar-refractivity contribution in [1.29, 1.82) is 0 Å². The molecule has 4 aromatic rings. The number of carbonyl (C=O) groups excluding carboxylic acids is 1. The van der Waals surface area contributed by atoms with Gasteiger partial charge in [0.2, 0.25) is 5.91 Å². The quantitative estimate of drug-likeness (QED) is 0.447. The largest absolute Gasteiger partial charge is 0.497 e. The van der Waals surface area contributed by atoms with Crippen LogP contribution in [-0.2, 0) is 11.3 Å². The lowest BCUT2D eigenvalue weighted by atomic mass is 9.95. The Morgan fingerprint density at radius 3 is 2.69 bits per heavy atom. The predicted molar refractivity (Wildman–Crippen MR) is 122 cm³/mol. The molecular weight excluding hydrogens is 426 g/mol. The number of piperidine rings is 1. The standard InChI is InChI=1S/C22H23N7O2S/c1-31-18-6-4-17(5-7-18)28(15-19-3-2-14-32-19)22(30)16-10-12-27(13-11-16)21-9-8-20-23-25-26-29(20)24-21/h2-9,14,16H,10-13,15H2,1H3. The van der Waals surface area contributed by atoms with Crippen molar-refractivity contribution >= 4 is 34.4 Å². The van der Waals surface area contributed by atoms with E-state index in [4.69, 9.17) is 4.74 Å². The Labute approximate surface area is 189 Å². The molecule has 10 heteroatoms. The number of fused-ring (bicyclic) bond motifs is 1. The van der Waals surface area contributed by atoms with Gasteiger partial charge in [0.25, 0.3) is 0 Å². The summed E-state index contributed by atoms with van der Waals surface area (Å²) in [5.74, 6) is 1.72. The number of hydrogen-bond donors (Lipinski definition) is 0. The molecule has 0 saturated carbocycles. The Balaban J connectivity index is 1.31. The molecule has 0 unspecified atom stereocenters. The molecule has 0 spiro atoms. The number of ether oxygens (including phenoxy) is 1. The van der Waals surface area contributed by atoms with Gasteiger partial charge in [-0.25, -0.2) is 0 Å². The topological polar surface area (TPSA) is 88.8 Å². The van der Waals surface area contributed by atoms with Gasteiger partial charge in [-0.3, -0.25) is 4.79 Å². The highest BCUT2D eigenvalue weighted by molar-refractivity contribution is 7.09. The molecule has 0 radical (unpaired) electrons.